The van der Waals surface area contributed by atoms with E-state index in [1.165, 1.54) is 6.07 Å². The molecule has 0 heterocycles. The Hall–Kier alpha value is -1.97. The normalized spacial score (nSPS) is 11.6. The van der Waals surface area contributed by atoms with Crippen molar-refractivity contribution in [1.82, 2.24) is 0 Å². The predicted molar refractivity (Wildman–Crippen MR) is 63.3 cm³/mol. The Bertz CT molecular complexity index is 556. The maximum atomic E-state index is 12.6. The summed E-state index contributed by atoms with van der Waals surface area (Å²) in [5.41, 5.74) is 1.14. The van der Waals surface area contributed by atoms with Crippen molar-refractivity contribution < 1.29 is 18.3 Å². The quantitative estimate of drug-likeness (QED) is 0.798. The Labute approximate surface area is 103 Å². The van der Waals surface area contributed by atoms with Crippen molar-refractivity contribution in [3.05, 3.63) is 53.6 Å². The molecule has 0 amide bonds. The summed E-state index contributed by atoms with van der Waals surface area (Å²) in [6.07, 6.45) is -4.55. The lowest BCUT2D eigenvalue weighted by Gasteiger charge is -2.11. The fourth-order valence-corrected chi connectivity index (χ4v) is 1.69. The van der Waals surface area contributed by atoms with Crippen LogP contribution in [0.1, 0.15) is 11.1 Å². The molecule has 0 aromatic heterocycles. The van der Waals surface area contributed by atoms with E-state index in [1.807, 2.05) is 19.1 Å². The average Bonchev–Trinajstić information content (AvgIpc) is 2.29. The zero-order chi connectivity index (χ0) is 13.3. The maximum Gasteiger partial charge on any atom is 0.419 e. The highest BCUT2D eigenvalue weighted by molar-refractivity contribution is 5.66. The number of phenols is 1. The summed E-state index contributed by atoms with van der Waals surface area (Å²) in [7, 11) is 0. The zero-order valence-corrected chi connectivity index (χ0v) is 9.62. The first-order valence-corrected chi connectivity index (χ1v) is 5.35. The van der Waals surface area contributed by atoms with Gasteiger partial charge in [-0.15, -0.1) is 0 Å². The van der Waals surface area contributed by atoms with Gasteiger partial charge in [-0.3, -0.25) is 0 Å². The highest BCUT2D eigenvalue weighted by atomic mass is 19.4. The lowest BCUT2D eigenvalue weighted by Crippen LogP contribution is -2.05. The minimum Gasteiger partial charge on any atom is -0.507 e. The third-order valence-electron chi connectivity index (χ3n) is 2.69. The van der Waals surface area contributed by atoms with Gasteiger partial charge in [0.2, 0.25) is 0 Å². The molecule has 1 N–H and O–H groups in total. The van der Waals surface area contributed by atoms with E-state index in [0.29, 0.717) is 11.1 Å². The van der Waals surface area contributed by atoms with Crippen LogP contribution in [0.3, 0.4) is 0 Å². The van der Waals surface area contributed by atoms with Crippen molar-refractivity contribution in [3.8, 4) is 16.9 Å². The number of hydrogen-bond acceptors (Lipinski definition) is 1. The second-order valence-corrected chi connectivity index (χ2v) is 4.10. The number of hydrogen-bond donors (Lipinski definition) is 1. The lowest BCUT2D eigenvalue weighted by molar-refractivity contribution is -0.138. The smallest absolute Gasteiger partial charge is 0.419 e. The van der Waals surface area contributed by atoms with Gasteiger partial charge < -0.3 is 5.11 Å². The van der Waals surface area contributed by atoms with E-state index < -0.39 is 17.5 Å². The molecule has 94 valence electrons. The SMILES string of the molecule is Cc1ccc(-c2ccc(O)c(C(F)(F)F)c2)cc1. The van der Waals surface area contributed by atoms with Gasteiger partial charge in [-0.1, -0.05) is 35.9 Å². The van der Waals surface area contributed by atoms with Crippen LogP contribution in [0.15, 0.2) is 42.5 Å². The van der Waals surface area contributed by atoms with Crippen LogP contribution in [0.5, 0.6) is 5.75 Å². The molecule has 0 atom stereocenters. The largest absolute Gasteiger partial charge is 0.507 e. The summed E-state index contributed by atoms with van der Waals surface area (Å²) in [5, 5.41) is 9.24. The van der Waals surface area contributed by atoms with Crippen LogP contribution in [0.2, 0.25) is 0 Å². The molecule has 1 nitrogen and oxygen atoms in total. The zero-order valence-electron chi connectivity index (χ0n) is 9.62. The standard InChI is InChI=1S/C14H11F3O/c1-9-2-4-10(5-3-9)11-6-7-13(18)12(8-11)14(15,16)17/h2-8,18H,1H3. The number of benzene rings is 2. The fraction of sp³-hybridized carbons (Fsp3) is 0.143. The van der Waals surface area contributed by atoms with Crippen LogP contribution in [-0.2, 0) is 6.18 Å². The molecule has 0 saturated carbocycles. The molecule has 0 aliphatic heterocycles. The van der Waals surface area contributed by atoms with Crippen molar-refractivity contribution in [3.63, 3.8) is 0 Å². The molecule has 0 aliphatic rings. The summed E-state index contributed by atoms with van der Waals surface area (Å²) in [6.45, 7) is 1.90. The minimum atomic E-state index is -4.55. The van der Waals surface area contributed by atoms with E-state index in [4.69, 9.17) is 0 Å². The van der Waals surface area contributed by atoms with E-state index >= 15 is 0 Å². The highest BCUT2D eigenvalue weighted by Crippen LogP contribution is 2.38. The molecule has 2 rings (SSSR count). The predicted octanol–water partition coefficient (Wildman–Crippen LogP) is 4.39. The van der Waals surface area contributed by atoms with Crippen LogP contribution in [-0.4, -0.2) is 5.11 Å². The first-order chi connectivity index (χ1) is 8.38. The highest BCUT2D eigenvalue weighted by Gasteiger charge is 2.34. The first-order valence-electron chi connectivity index (χ1n) is 5.35. The molecular weight excluding hydrogens is 241 g/mol. The Morgan fingerprint density at radius 3 is 2.00 bits per heavy atom. The molecule has 2 aromatic carbocycles. The monoisotopic (exact) mass is 252 g/mol. The van der Waals surface area contributed by atoms with Gasteiger partial charge in [0.25, 0.3) is 0 Å². The molecule has 0 radical (unpaired) electrons. The van der Waals surface area contributed by atoms with E-state index in [0.717, 1.165) is 17.7 Å². The second-order valence-electron chi connectivity index (χ2n) is 4.10. The van der Waals surface area contributed by atoms with Gasteiger partial charge in [0.15, 0.2) is 0 Å². The molecular formula is C14H11F3O. The molecule has 2 aromatic rings. The Morgan fingerprint density at radius 1 is 0.889 bits per heavy atom. The van der Waals surface area contributed by atoms with Crippen molar-refractivity contribution in [1.29, 1.82) is 0 Å². The van der Waals surface area contributed by atoms with Crippen molar-refractivity contribution in [2.24, 2.45) is 0 Å². The third-order valence-corrected chi connectivity index (χ3v) is 2.69. The Balaban J connectivity index is 2.50. The van der Waals surface area contributed by atoms with Gasteiger partial charge in [0, 0.05) is 0 Å². The number of rotatable bonds is 1. The summed E-state index contributed by atoms with van der Waals surface area (Å²) in [4.78, 5) is 0. The summed E-state index contributed by atoms with van der Waals surface area (Å²) in [5.74, 6) is -0.752. The number of alkyl halides is 3. The lowest BCUT2D eigenvalue weighted by atomic mass is 10.0. The third kappa shape index (κ3) is 2.47. The van der Waals surface area contributed by atoms with E-state index in [9.17, 15) is 18.3 Å². The van der Waals surface area contributed by atoms with Crippen LogP contribution >= 0.6 is 0 Å². The number of halogens is 3. The number of aryl methyl sites for hydroxylation is 1. The summed E-state index contributed by atoms with van der Waals surface area (Å²) in [6, 6.07) is 10.7. The van der Waals surface area contributed by atoms with Gasteiger partial charge in [-0.05, 0) is 30.2 Å². The van der Waals surface area contributed by atoms with Gasteiger partial charge >= 0.3 is 6.18 Å². The Kier molecular flexibility index (Phi) is 3.03. The van der Waals surface area contributed by atoms with Crippen LogP contribution in [0.4, 0.5) is 13.2 Å². The van der Waals surface area contributed by atoms with Crippen molar-refractivity contribution >= 4 is 0 Å². The molecule has 0 saturated heterocycles. The Morgan fingerprint density at radius 2 is 1.44 bits per heavy atom. The summed E-state index contributed by atoms with van der Waals surface area (Å²) >= 11 is 0. The minimum absolute atomic E-state index is 0.431. The molecule has 0 aliphatic carbocycles. The van der Waals surface area contributed by atoms with E-state index in [2.05, 4.69) is 0 Å². The van der Waals surface area contributed by atoms with Crippen molar-refractivity contribution in [2.45, 2.75) is 13.1 Å². The van der Waals surface area contributed by atoms with Crippen LogP contribution in [0, 0.1) is 6.92 Å². The maximum absolute atomic E-state index is 12.6. The van der Waals surface area contributed by atoms with E-state index in [-0.39, 0.29) is 0 Å². The van der Waals surface area contributed by atoms with Gasteiger partial charge in [0.05, 0.1) is 5.56 Å². The molecule has 0 bridgehead atoms. The number of phenolic OH excluding ortho intramolecular Hbond substituents is 1. The van der Waals surface area contributed by atoms with Gasteiger partial charge in [-0.2, -0.15) is 13.2 Å². The molecule has 0 unspecified atom stereocenters. The molecule has 0 fully saturated rings. The first kappa shape index (κ1) is 12.5. The van der Waals surface area contributed by atoms with E-state index in [1.54, 1.807) is 12.1 Å². The number of aromatic hydroxyl groups is 1. The van der Waals surface area contributed by atoms with Crippen molar-refractivity contribution in [2.75, 3.05) is 0 Å². The topological polar surface area (TPSA) is 20.2 Å². The van der Waals surface area contributed by atoms with Crippen LogP contribution in [0.25, 0.3) is 11.1 Å². The average molecular weight is 252 g/mol. The van der Waals surface area contributed by atoms with Gasteiger partial charge in [-0.25, -0.2) is 0 Å². The fourth-order valence-electron chi connectivity index (χ4n) is 1.69. The molecule has 4 heteroatoms. The molecule has 18 heavy (non-hydrogen) atoms. The summed E-state index contributed by atoms with van der Waals surface area (Å²) < 4.78 is 37.9. The van der Waals surface area contributed by atoms with Crippen LogP contribution < -0.4 is 0 Å². The molecule has 0 spiro atoms. The van der Waals surface area contributed by atoms with Gasteiger partial charge in [0.1, 0.15) is 5.75 Å². The second kappa shape index (κ2) is 4.37.